The summed E-state index contributed by atoms with van der Waals surface area (Å²) >= 11 is 0. The number of hydrogen-bond acceptors (Lipinski definition) is 6. The summed E-state index contributed by atoms with van der Waals surface area (Å²) in [7, 11) is 5.49. The van der Waals surface area contributed by atoms with Gasteiger partial charge in [-0.1, -0.05) is 26.0 Å². The van der Waals surface area contributed by atoms with Gasteiger partial charge in [0.15, 0.2) is 0 Å². The minimum absolute atomic E-state index is 0.0515. The van der Waals surface area contributed by atoms with Gasteiger partial charge in [0.25, 0.3) is 11.8 Å². The molecule has 8 heteroatoms. The van der Waals surface area contributed by atoms with Crippen molar-refractivity contribution in [1.29, 1.82) is 0 Å². The Morgan fingerprint density at radius 2 is 2.00 bits per heavy atom. The highest BCUT2D eigenvalue weighted by atomic mass is 16.5. The highest BCUT2D eigenvalue weighted by Crippen LogP contribution is 2.30. The topological polar surface area (TPSA) is 86.2 Å². The van der Waals surface area contributed by atoms with Crippen LogP contribution in [-0.2, 0) is 0 Å². The average molecular weight is 483 g/mol. The SMILES string of the molecule is CCCN(C)C[C@H]1Oc2ncc(-c3cccc(C(=O)N(C)C)c3)cc2C(=O)N([C@H](C)CO)C[C@@H]1C. The highest BCUT2D eigenvalue weighted by Gasteiger charge is 2.34. The van der Waals surface area contributed by atoms with Gasteiger partial charge >= 0.3 is 0 Å². The molecule has 2 amide bonds. The van der Waals surface area contributed by atoms with Crippen LogP contribution in [0.4, 0.5) is 0 Å². The van der Waals surface area contributed by atoms with Crippen molar-refractivity contribution in [2.24, 2.45) is 5.92 Å². The molecule has 0 radical (unpaired) electrons. The number of aliphatic hydroxyl groups is 1. The van der Waals surface area contributed by atoms with Gasteiger partial charge in [-0.3, -0.25) is 9.59 Å². The number of pyridine rings is 1. The lowest BCUT2D eigenvalue weighted by Crippen LogP contribution is -2.50. The fourth-order valence-corrected chi connectivity index (χ4v) is 4.35. The van der Waals surface area contributed by atoms with Gasteiger partial charge in [-0.05, 0) is 50.7 Å². The van der Waals surface area contributed by atoms with Gasteiger partial charge in [0.05, 0.1) is 12.6 Å². The van der Waals surface area contributed by atoms with Gasteiger partial charge < -0.3 is 24.5 Å². The Bertz CT molecular complexity index is 1040. The smallest absolute Gasteiger partial charge is 0.259 e. The Labute approximate surface area is 208 Å². The summed E-state index contributed by atoms with van der Waals surface area (Å²) in [5, 5.41) is 9.86. The van der Waals surface area contributed by atoms with E-state index in [1.807, 2.05) is 19.1 Å². The molecule has 3 rings (SSSR count). The number of aromatic nitrogens is 1. The van der Waals surface area contributed by atoms with E-state index in [4.69, 9.17) is 4.74 Å². The number of amides is 2. The molecule has 190 valence electrons. The van der Waals surface area contributed by atoms with E-state index in [9.17, 15) is 14.7 Å². The highest BCUT2D eigenvalue weighted by molar-refractivity contribution is 5.98. The van der Waals surface area contributed by atoms with Crippen LogP contribution in [0.2, 0.25) is 0 Å². The zero-order valence-electron chi connectivity index (χ0n) is 21.7. The van der Waals surface area contributed by atoms with E-state index in [2.05, 4.69) is 30.8 Å². The molecule has 0 bridgehead atoms. The predicted molar refractivity (Wildman–Crippen MR) is 137 cm³/mol. The third kappa shape index (κ3) is 6.18. The summed E-state index contributed by atoms with van der Waals surface area (Å²) in [6.45, 7) is 8.06. The zero-order valence-corrected chi connectivity index (χ0v) is 21.7. The molecule has 1 aliphatic rings. The van der Waals surface area contributed by atoms with Crippen molar-refractivity contribution in [3.8, 4) is 17.0 Å². The molecule has 1 N–H and O–H groups in total. The van der Waals surface area contributed by atoms with Gasteiger partial charge in [0.2, 0.25) is 5.88 Å². The first-order chi connectivity index (χ1) is 16.7. The lowest BCUT2D eigenvalue weighted by molar-refractivity contribution is 0.0331. The first-order valence-electron chi connectivity index (χ1n) is 12.2. The molecule has 2 aromatic rings. The molecule has 8 nitrogen and oxygen atoms in total. The number of aliphatic hydroxyl groups excluding tert-OH is 1. The van der Waals surface area contributed by atoms with Gasteiger partial charge in [-0.15, -0.1) is 0 Å². The van der Waals surface area contributed by atoms with Crippen LogP contribution in [0, 0.1) is 5.92 Å². The Hall–Kier alpha value is -2.97. The summed E-state index contributed by atoms with van der Waals surface area (Å²) in [5.74, 6) is 0.0385. The van der Waals surface area contributed by atoms with Crippen molar-refractivity contribution >= 4 is 11.8 Å². The van der Waals surface area contributed by atoms with E-state index in [1.165, 1.54) is 4.90 Å². The molecule has 1 aromatic carbocycles. The molecule has 35 heavy (non-hydrogen) atoms. The van der Waals surface area contributed by atoms with Gasteiger partial charge in [0, 0.05) is 50.4 Å². The van der Waals surface area contributed by atoms with Crippen molar-refractivity contribution in [3.63, 3.8) is 0 Å². The summed E-state index contributed by atoms with van der Waals surface area (Å²) in [6, 6.07) is 8.73. The second-order valence-corrected chi connectivity index (χ2v) is 9.74. The summed E-state index contributed by atoms with van der Waals surface area (Å²) in [4.78, 5) is 36.1. The maximum Gasteiger partial charge on any atom is 0.259 e. The predicted octanol–water partition coefficient (Wildman–Crippen LogP) is 3.01. The Balaban J connectivity index is 2.04. The fourth-order valence-electron chi connectivity index (χ4n) is 4.35. The second-order valence-electron chi connectivity index (χ2n) is 9.74. The lowest BCUT2D eigenvalue weighted by Gasteiger charge is -2.37. The Morgan fingerprint density at radius 1 is 1.26 bits per heavy atom. The van der Waals surface area contributed by atoms with Gasteiger partial charge in [0.1, 0.15) is 11.7 Å². The summed E-state index contributed by atoms with van der Waals surface area (Å²) in [5.41, 5.74) is 2.43. The second kappa shape index (κ2) is 11.6. The molecule has 0 spiro atoms. The normalized spacial score (nSPS) is 19.0. The molecule has 0 unspecified atom stereocenters. The standard InChI is InChI=1S/C27H38N4O4/c1-7-11-30(6)16-24-18(2)15-31(19(3)17-32)27(34)23-13-22(14-28-25(23)35-24)20-9-8-10-21(12-20)26(33)29(4)5/h8-10,12-14,18-19,24,32H,7,11,15-17H2,1-6H3/t18-,19+,24+/m0/s1. The number of fused-ring (bicyclic) bond motifs is 1. The first kappa shape index (κ1) is 26.6. The number of likely N-dealkylation sites (N-methyl/N-ethyl adjacent to an activating group) is 1. The molecule has 1 aromatic heterocycles. The lowest BCUT2D eigenvalue weighted by atomic mass is 9.98. The van der Waals surface area contributed by atoms with Gasteiger partial charge in [-0.2, -0.15) is 0 Å². The van der Waals surface area contributed by atoms with Gasteiger partial charge in [-0.25, -0.2) is 4.98 Å². The molecule has 3 atom stereocenters. The van der Waals surface area contributed by atoms with Crippen LogP contribution in [0.1, 0.15) is 47.9 Å². The van der Waals surface area contributed by atoms with Crippen LogP contribution >= 0.6 is 0 Å². The summed E-state index contributed by atoms with van der Waals surface area (Å²) < 4.78 is 6.36. The third-order valence-corrected chi connectivity index (χ3v) is 6.47. The van der Waals surface area contributed by atoms with E-state index >= 15 is 0 Å². The Morgan fingerprint density at radius 3 is 2.66 bits per heavy atom. The number of nitrogens with zero attached hydrogens (tertiary/aromatic N) is 4. The monoisotopic (exact) mass is 482 g/mol. The zero-order chi connectivity index (χ0) is 25.7. The molecule has 0 fully saturated rings. The number of carbonyl (C=O) groups excluding carboxylic acids is 2. The van der Waals surface area contributed by atoms with Crippen molar-refractivity contribution in [1.82, 2.24) is 19.7 Å². The van der Waals surface area contributed by atoms with Crippen molar-refractivity contribution < 1.29 is 19.4 Å². The van der Waals surface area contributed by atoms with Crippen LogP contribution in [0.5, 0.6) is 5.88 Å². The number of ether oxygens (including phenoxy) is 1. The van der Waals surface area contributed by atoms with E-state index in [0.29, 0.717) is 30.1 Å². The quantitative estimate of drug-likeness (QED) is 0.623. The van der Waals surface area contributed by atoms with Crippen LogP contribution in [-0.4, -0.2) is 96.1 Å². The first-order valence-corrected chi connectivity index (χ1v) is 12.2. The number of rotatable bonds is 8. The van der Waals surface area contributed by atoms with Crippen LogP contribution in [0.25, 0.3) is 11.1 Å². The molecular formula is C27H38N4O4. The third-order valence-electron chi connectivity index (χ3n) is 6.47. The maximum absolute atomic E-state index is 13.6. The minimum atomic E-state index is -0.338. The van der Waals surface area contributed by atoms with E-state index < -0.39 is 0 Å². The average Bonchev–Trinajstić information content (AvgIpc) is 2.85. The van der Waals surface area contributed by atoms with Crippen molar-refractivity contribution in [3.05, 3.63) is 47.7 Å². The number of hydrogen-bond donors (Lipinski definition) is 1. The molecule has 2 heterocycles. The van der Waals surface area contributed by atoms with E-state index in [-0.39, 0.29) is 36.5 Å². The fraction of sp³-hybridized carbons (Fsp3) is 0.519. The van der Waals surface area contributed by atoms with Crippen LogP contribution in [0.3, 0.4) is 0 Å². The largest absolute Gasteiger partial charge is 0.472 e. The molecule has 0 saturated heterocycles. The minimum Gasteiger partial charge on any atom is -0.472 e. The number of carbonyl (C=O) groups is 2. The van der Waals surface area contributed by atoms with Crippen LogP contribution in [0.15, 0.2) is 36.5 Å². The summed E-state index contributed by atoms with van der Waals surface area (Å²) in [6.07, 6.45) is 2.56. The van der Waals surface area contributed by atoms with E-state index in [1.54, 1.807) is 43.4 Å². The molecule has 1 aliphatic heterocycles. The Kier molecular flexibility index (Phi) is 8.86. The molecule has 0 saturated carbocycles. The number of benzene rings is 1. The van der Waals surface area contributed by atoms with Crippen molar-refractivity contribution in [2.75, 3.05) is 47.4 Å². The van der Waals surface area contributed by atoms with Crippen molar-refractivity contribution in [2.45, 2.75) is 39.3 Å². The van der Waals surface area contributed by atoms with Crippen LogP contribution < -0.4 is 4.74 Å². The molecular weight excluding hydrogens is 444 g/mol. The maximum atomic E-state index is 13.6. The molecule has 0 aliphatic carbocycles. The van der Waals surface area contributed by atoms with E-state index in [0.717, 1.165) is 24.1 Å².